The lowest BCUT2D eigenvalue weighted by atomic mass is 9.93. The van der Waals surface area contributed by atoms with E-state index in [4.69, 9.17) is 0 Å². The predicted molar refractivity (Wildman–Crippen MR) is 110 cm³/mol. The Hall–Kier alpha value is -2.20. The van der Waals surface area contributed by atoms with E-state index in [1.165, 1.54) is 23.3 Å². The van der Waals surface area contributed by atoms with E-state index in [-0.39, 0.29) is 11.7 Å². The molecule has 2 aromatic carbocycles. The summed E-state index contributed by atoms with van der Waals surface area (Å²) in [6, 6.07) is 15.3. The Morgan fingerprint density at radius 1 is 1.14 bits per heavy atom. The van der Waals surface area contributed by atoms with Crippen LogP contribution in [0.5, 0.6) is 0 Å². The first kappa shape index (κ1) is 19.1. The highest BCUT2D eigenvalue weighted by atomic mass is 19.1. The number of halogens is 1. The van der Waals surface area contributed by atoms with E-state index in [0.29, 0.717) is 5.92 Å². The molecule has 0 spiro atoms. The summed E-state index contributed by atoms with van der Waals surface area (Å²) in [7, 11) is 0. The monoisotopic (exact) mass is 380 g/mol. The number of carbonyl (C=O) groups excluding carboxylic acids is 1. The highest BCUT2D eigenvalue weighted by Gasteiger charge is 2.51. The SMILES string of the molecule is Cc1ccc(CN2CCC(CNC(=O)C3(c4cccc(F)c4)CC3)CC2)cc1. The lowest BCUT2D eigenvalue weighted by molar-refractivity contribution is -0.123. The molecule has 4 heteroatoms. The van der Waals surface area contributed by atoms with Gasteiger partial charge in [-0.3, -0.25) is 9.69 Å². The van der Waals surface area contributed by atoms with Gasteiger partial charge >= 0.3 is 0 Å². The van der Waals surface area contributed by atoms with Crippen molar-refractivity contribution in [3.63, 3.8) is 0 Å². The Morgan fingerprint density at radius 2 is 1.86 bits per heavy atom. The maximum atomic E-state index is 13.5. The van der Waals surface area contributed by atoms with Gasteiger partial charge in [0.15, 0.2) is 0 Å². The van der Waals surface area contributed by atoms with Crippen LogP contribution in [0.15, 0.2) is 48.5 Å². The molecule has 1 amide bonds. The Kier molecular flexibility index (Phi) is 5.49. The van der Waals surface area contributed by atoms with Gasteiger partial charge in [0.05, 0.1) is 5.41 Å². The molecular weight excluding hydrogens is 351 g/mol. The van der Waals surface area contributed by atoms with E-state index in [1.54, 1.807) is 6.07 Å². The summed E-state index contributed by atoms with van der Waals surface area (Å²) < 4.78 is 13.5. The molecule has 1 aliphatic carbocycles. The zero-order valence-corrected chi connectivity index (χ0v) is 16.6. The molecule has 0 unspecified atom stereocenters. The number of benzene rings is 2. The van der Waals surface area contributed by atoms with Gasteiger partial charge < -0.3 is 5.32 Å². The van der Waals surface area contributed by atoms with Crippen LogP contribution in [0.4, 0.5) is 4.39 Å². The molecule has 1 aliphatic heterocycles. The molecule has 3 nitrogen and oxygen atoms in total. The highest BCUT2D eigenvalue weighted by Crippen LogP contribution is 2.48. The molecule has 1 heterocycles. The minimum Gasteiger partial charge on any atom is -0.355 e. The summed E-state index contributed by atoms with van der Waals surface area (Å²) in [6.07, 6.45) is 3.85. The number of rotatable bonds is 6. The Morgan fingerprint density at radius 3 is 2.50 bits per heavy atom. The van der Waals surface area contributed by atoms with Crippen LogP contribution in [0.2, 0.25) is 0 Å². The highest BCUT2D eigenvalue weighted by molar-refractivity contribution is 5.91. The average molecular weight is 381 g/mol. The molecule has 4 rings (SSSR count). The van der Waals surface area contributed by atoms with Gasteiger partial charge in [0.25, 0.3) is 0 Å². The molecule has 28 heavy (non-hydrogen) atoms. The average Bonchev–Trinajstić information content (AvgIpc) is 3.51. The van der Waals surface area contributed by atoms with Gasteiger partial charge in [-0.1, -0.05) is 42.0 Å². The molecule has 0 bridgehead atoms. The minimum atomic E-state index is -0.492. The van der Waals surface area contributed by atoms with Crippen molar-refractivity contribution in [2.75, 3.05) is 19.6 Å². The van der Waals surface area contributed by atoms with E-state index >= 15 is 0 Å². The summed E-state index contributed by atoms with van der Waals surface area (Å²) in [5, 5.41) is 3.16. The summed E-state index contributed by atoms with van der Waals surface area (Å²) in [5.41, 5.74) is 2.99. The number of likely N-dealkylation sites (tertiary alicyclic amines) is 1. The molecular formula is C24H29FN2O. The van der Waals surface area contributed by atoms with Crippen LogP contribution < -0.4 is 5.32 Å². The largest absolute Gasteiger partial charge is 0.355 e. The first-order valence-electron chi connectivity index (χ1n) is 10.4. The van der Waals surface area contributed by atoms with Crippen LogP contribution in [0.3, 0.4) is 0 Å². The number of nitrogens with one attached hydrogen (secondary N) is 1. The van der Waals surface area contributed by atoms with Crippen LogP contribution in [0, 0.1) is 18.7 Å². The van der Waals surface area contributed by atoms with E-state index in [9.17, 15) is 9.18 Å². The van der Waals surface area contributed by atoms with Crippen molar-refractivity contribution in [3.8, 4) is 0 Å². The Balaban J connectivity index is 1.24. The smallest absolute Gasteiger partial charge is 0.230 e. The Bertz CT molecular complexity index is 821. The number of carbonyl (C=O) groups is 1. The van der Waals surface area contributed by atoms with Gasteiger partial charge in [-0.25, -0.2) is 4.39 Å². The van der Waals surface area contributed by atoms with Gasteiger partial charge in [-0.15, -0.1) is 0 Å². The third-order valence-electron chi connectivity index (χ3n) is 6.35. The van der Waals surface area contributed by atoms with Gasteiger partial charge in [-0.2, -0.15) is 0 Å². The normalized spacial score (nSPS) is 19.4. The Labute approximate surface area is 166 Å². The second-order valence-electron chi connectivity index (χ2n) is 8.51. The molecule has 1 saturated carbocycles. The van der Waals surface area contributed by atoms with Crippen molar-refractivity contribution in [2.24, 2.45) is 5.92 Å². The summed E-state index contributed by atoms with van der Waals surface area (Å²) >= 11 is 0. The fourth-order valence-electron chi connectivity index (χ4n) is 4.26. The number of amides is 1. The van der Waals surface area contributed by atoms with Crippen LogP contribution in [-0.4, -0.2) is 30.4 Å². The van der Waals surface area contributed by atoms with Crippen LogP contribution in [-0.2, 0) is 16.8 Å². The quantitative estimate of drug-likeness (QED) is 0.815. The molecule has 0 radical (unpaired) electrons. The second kappa shape index (κ2) is 8.04. The first-order valence-corrected chi connectivity index (χ1v) is 10.4. The van der Waals surface area contributed by atoms with Gasteiger partial charge in [0.1, 0.15) is 5.82 Å². The number of nitrogens with zero attached hydrogens (tertiary/aromatic N) is 1. The van der Waals surface area contributed by atoms with Crippen LogP contribution in [0.1, 0.15) is 42.4 Å². The maximum Gasteiger partial charge on any atom is 0.230 e. The molecule has 0 aromatic heterocycles. The minimum absolute atomic E-state index is 0.0696. The first-order chi connectivity index (χ1) is 13.5. The van der Waals surface area contributed by atoms with Gasteiger partial charge in [0.2, 0.25) is 5.91 Å². The molecule has 1 saturated heterocycles. The van der Waals surface area contributed by atoms with E-state index < -0.39 is 5.41 Å². The summed E-state index contributed by atoms with van der Waals surface area (Å²) in [5.74, 6) is 0.333. The van der Waals surface area contributed by atoms with E-state index in [0.717, 1.165) is 57.4 Å². The number of aryl methyl sites for hydroxylation is 1. The van der Waals surface area contributed by atoms with E-state index in [2.05, 4.69) is 41.4 Å². The van der Waals surface area contributed by atoms with Crippen LogP contribution >= 0.6 is 0 Å². The van der Waals surface area contributed by atoms with Crippen LogP contribution in [0.25, 0.3) is 0 Å². The number of hydrogen-bond acceptors (Lipinski definition) is 2. The topological polar surface area (TPSA) is 32.3 Å². The molecule has 2 aliphatic rings. The zero-order chi connectivity index (χ0) is 19.6. The van der Waals surface area contributed by atoms with Gasteiger partial charge in [-0.05, 0) is 74.9 Å². The van der Waals surface area contributed by atoms with Crippen molar-refractivity contribution >= 4 is 5.91 Å². The third-order valence-corrected chi connectivity index (χ3v) is 6.35. The molecule has 2 fully saturated rings. The predicted octanol–water partition coefficient (Wildman–Crippen LogP) is 4.19. The van der Waals surface area contributed by atoms with Gasteiger partial charge in [0, 0.05) is 13.1 Å². The maximum absolute atomic E-state index is 13.5. The fraction of sp³-hybridized carbons (Fsp3) is 0.458. The standard InChI is InChI=1S/C24H29FN2O/c1-18-5-7-20(8-6-18)17-27-13-9-19(10-14-27)16-26-23(28)24(11-12-24)21-3-2-4-22(25)15-21/h2-8,15,19H,9-14,16-17H2,1H3,(H,26,28). The zero-order valence-electron chi connectivity index (χ0n) is 16.6. The lowest BCUT2D eigenvalue weighted by Crippen LogP contribution is -2.41. The van der Waals surface area contributed by atoms with Crippen molar-refractivity contribution in [1.82, 2.24) is 10.2 Å². The number of piperidine rings is 1. The van der Waals surface area contributed by atoms with Crippen molar-refractivity contribution in [2.45, 2.75) is 44.6 Å². The fourth-order valence-corrected chi connectivity index (χ4v) is 4.26. The third kappa shape index (κ3) is 4.27. The molecule has 2 aromatic rings. The number of hydrogen-bond donors (Lipinski definition) is 1. The molecule has 1 N–H and O–H groups in total. The second-order valence-corrected chi connectivity index (χ2v) is 8.51. The lowest BCUT2D eigenvalue weighted by Gasteiger charge is -2.32. The van der Waals surface area contributed by atoms with Crippen molar-refractivity contribution < 1.29 is 9.18 Å². The molecule has 148 valence electrons. The molecule has 0 atom stereocenters. The summed E-state index contributed by atoms with van der Waals surface area (Å²) in [4.78, 5) is 15.3. The summed E-state index contributed by atoms with van der Waals surface area (Å²) in [6.45, 7) is 5.99. The van der Waals surface area contributed by atoms with Crippen molar-refractivity contribution in [1.29, 1.82) is 0 Å². The van der Waals surface area contributed by atoms with E-state index in [1.807, 2.05) is 6.07 Å². The van der Waals surface area contributed by atoms with Crippen molar-refractivity contribution in [3.05, 3.63) is 71.0 Å².